The van der Waals surface area contributed by atoms with E-state index in [2.05, 4.69) is 23.5 Å². The summed E-state index contributed by atoms with van der Waals surface area (Å²) >= 11 is 0. The van der Waals surface area contributed by atoms with Crippen molar-refractivity contribution in [3.63, 3.8) is 0 Å². The van der Waals surface area contributed by atoms with Crippen LogP contribution in [0.25, 0.3) is 10.8 Å². The minimum Gasteiger partial charge on any atom is -0.481 e. The fourth-order valence-electron chi connectivity index (χ4n) is 2.87. The maximum atomic E-state index is 12.4. The Morgan fingerprint density at radius 1 is 1.00 bits per heavy atom. The lowest BCUT2D eigenvalue weighted by Crippen LogP contribution is -2.36. The summed E-state index contributed by atoms with van der Waals surface area (Å²) in [5, 5.41) is 5.32. The number of amides is 1. The van der Waals surface area contributed by atoms with Crippen LogP contribution in [0, 0.1) is 13.8 Å². The van der Waals surface area contributed by atoms with Crippen LogP contribution in [0.3, 0.4) is 0 Å². The Bertz CT molecular complexity index is 896. The van der Waals surface area contributed by atoms with E-state index in [0.29, 0.717) is 6.54 Å². The molecule has 3 heteroatoms. The van der Waals surface area contributed by atoms with Gasteiger partial charge in [0.2, 0.25) is 0 Å². The maximum absolute atomic E-state index is 12.4. The SMILES string of the molecule is Cc1cccc(O[C@@H](C)C(=O)NCc2cccc3ccccc23)c1C. The number of aryl methyl sites for hydroxylation is 1. The zero-order chi connectivity index (χ0) is 17.8. The molecule has 1 atom stereocenters. The van der Waals surface area contributed by atoms with Crippen LogP contribution >= 0.6 is 0 Å². The molecule has 3 rings (SSSR count). The maximum Gasteiger partial charge on any atom is 0.261 e. The number of carbonyl (C=O) groups is 1. The van der Waals surface area contributed by atoms with Crippen LogP contribution in [0.4, 0.5) is 0 Å². The van der Waals surface area contributed by atoms with E-state index in [1.165, 1.54) is 5.39 Å². The highest BCUT2D eigenvalue weighted by Crippen LogP contribution is 2.22. The Kier molecular flexibility index (Phi) is 5.03. The molecule has 0 aromatic heterocycles. The number of fused-ring (bicyclic) bond motifs is 1. The van der Waals surface area contributed by atoms with Gasteiger partial charge in [0.05, 0.1) is 0 Å². The van der Waals surface area contributed by atoms with Gasteiger partial charge in [0, 0.05) is 6.54 Å². The highest BCUT2D eigenvalue weighted by molar-refractivity contribution is 5.86. The average molecular weight is 333 g/mol. The lowest BCUT2D eigenvalue weighted by molar-refractivity contribution is -0.127. The minimum atomic E-state index is -0.546. The second kappa shape index (κ2) is 7.39. The number of hydrogen-bond acceptors (Lipinski definition) is 2. The molecule has 1 amide bonds. The smallest absolute Gasteiger partial charge is 0.261 e. The molecule has 0 saturated heterocycles. The van der Waals surface area contributed by atoms with E-state index in [1.807, 2.05) is 56.3 Å². The van der Waals surface area contributed by atoms with Gasteiger partial charge < -0.3 is 10.1 Å². The largest absolute Gasteiger partial charge is 0.481 e. The molecule has 3 nitrogen and oxygen atoms in total. The molecule has 0 saturated carbocycles. The van der Waals surface area contributed by atoms with Gasteiger partial charge in [0.15, 0.2) is 6.10 Å². The Hall–Kier alpha value is -2.81. The van der Waals surface area contributed by atoms with E-state index in [9.17, 15) is 4.79 Å². The van der Waals surface area contributed by atoms with E-state index in [-0.39, 0.29) is 5.91 Å². The predicted octanol–water partition coefficient (Wildman–Crippen LogP) is 4.54. The first-order chi connectivity index (χ1) is 12.1. The van der Waals surface area contributed by atoms with Crippen LogP contribution in [0.2, 0.25) is 0 Å². The Balaban J connectivity index is 1.66. The van der Waals surface area contributed by atoms with Gasteiger partial charge in [-0.25, -0.2) is 0 Å². The molecule has 0 unspecified atom stereocenters. The fourth-order valence-corrected chi connectivity index (χ4v) is 2.87. The molecule has 0 fully saturated rings. The summed E-state index contributed by atoms with van der Waals surface area (Å²) in [6, 6.07) is 20.2. The van der Waals surface area contributed by atoms with Crippen molar-refractivity contribution >= 4 is 16.7 Å². The number of ether oxygens (including phenoxy) is 1. The van der Waals surface area contributed by atoms with Gasteiger partial charge in [-0.1, -0.05) is 54.6 Å². The third kappa shape index (κ3) is 3.82. The number of carbonyl (C=O) groups excluding carboxylic acids is 1. The third-order valence-corrected chi connectivity index (χ3v) is 4.56. The van der Waals surface area contributed by atoms with E-state index in [1.54, 1.807) is 6.92 Å². The summed E-state index contributed by atoms with van der Waals surface area (Å²) in [7, 11) is 0. The van der Waals surface area contributed by atoms with Crippen molar-refractivity contribution in [1.29, 1.82) is 0 Å². The number of benzene rings is 3. The van der Waals surface area contributed by atoms with Gasteiger partial charge in [-0.2, -0.15) is 0 Å². The fraction of sp³-hybridized carbons (Fsp3) is 0.227. The van der Waals surface area contributed by atoms with Crippen molar-refractivity contribution in [3.05, 3.63) is 77.4 Å². The van der Waals surface area contributed by atoms with E-state index >= 15 is 0 Å². The molecule has 0 bridgehead atoms. The molecule has 3 aromatic rings. The van der Waals surface area contributed by atoms with E-state index in [4.69, 9.17) is 4.74 Å². The lowest BCUT2D eigenvalue weighted by atomic mass is 10.0. The van der Waals surface area contributed by atoms with Gasteiger partial charge in [-0.3, -0.25) is 4.79 Å². The summed E-state index contributed by atoms with van der Waals surface area (Å²) < 4.78 is 5.85. The third-order valence-electron chi connectivity index (χ3n) is 4.56. The van der Waals surface area contributed by atoms with Crippen molar-refractivity contribution < 1.29 is 9.53 Å². The summed E-state index contributed by atoms with van der Waals surface area (Å²) in [5.41, 5.74) is 3.32. The normalized spacial score (nSPS) is 12.0. The zero-order valence-corrected chi connectivity index (χ0v) is 14.9. The van der Waals surface area contributed by atoms with Crippen LogP contribution in [-0.2, 0) is 11.3 Å². The average Bonchev–Trinajstić information content (AvgIpc) is 2.63. The molecule has 128 valence electrons. The van der Waals surface area contributed by atoms with Crippen molar-refractivity contribution in [2.45, 2.75) is 33.4 Å². The molecule has 0 aliphatic heterocycles. The van der Waals surface area contributed by atoms with Crippen molar-refractivity contribution in [3.8, 4) is 5.75 Å². The topological polar surface area (TPSA) is 38.3 Å². The molecule has 0 spiro atoms. The molecule has 1 N–H and O–H groups in total. The number of nitrogens with one attached hydrogen (secondary N) is 1. The van der Waals surface area contributed by atoms with Crippen LogP contribution in [0.15, 0.2) is 60.7 Å². The second-order valence-corrected chi connectivity index (χ2v) is 6.31. The Morgan fingerprint density at radius 3 is 2.56 bits per heavy atom. The van der Waals surface area contributed by atoms with Crippen LogP contribution in [0.1, 0.15) is 23.6 Å². The number of rotatable bonds is 5. The molecule has 0 heterocycles. The molecule has 3 aromatic carbocycles. The first-order valence-electron chi connectivity index (χ1n) is 8.53. The molecule has 0 aliphatic carbocycles. The highest BCUT2D eigenvalue weighted by Gasteiger charge is 2.16. The lowest BCUT2D eigenvalue weighted by Gasteiger charge is -2.17. The summed E-state index contributed by atoms with van der Waals surface area (Å²) in [6.45, 7) is 6.31. The Morgan fingerprint density at radius 2 is 1.72 bits per heavy atom. The highest BCUT2D eigenvalue weighted by atomic mass is 16.5. The first kappa shape index (κ1) is 17.0. The monoisotopic (exact) mass is 333 g/mol. The van der Waals surface area contributed by atoms with Gasteiger partial charge in [0.25, 0.3) is 5.91 Å². The van der Waals surface area contributed by atoms with Crippen molar-refractivity contribution in [1.82, 2.24) is 5.32 Å². The van der Waals surface area contributed by atoms with Gasteiger partial charge >= 0.3 is 0 Å². The van der Waals surface area contributed by atoms with Gasteiger partial charge in [-0.05, 0) is 54.3 Å². The molecule has 0 aliphatic rings. The standard InChI is InChI=1S/C22H23NO2/c1-15-8-6-13-21(16(15)2)25-17(3)22(24)23-14-19-11-7-10-18-9-4-5-12-20(18)19/h4-13,17H,14H2,1-3H3,(H,23,24)/t17-/m0/s1. The molecular weight excluding hydrogens is 310 g/mol. The summed E-state index contributed by atoms with van der Waals surface area (Å²) in [6.07, 6.45) is -0.546. The second-order valence-electron chi connectivity index (χ2n) is 6.31. The van der Waals surface area contributed by atoms with Crippen molar-refractivity contribution in [2.24, 2.45) is 0 Å². The number of hydrogen-bond donors (Lipinski definition) is 1. The molecule has 0 radical (unpaired) electrons. The van der Waals surface area contributed by atoms with Crippen LogP contribution in [-0.4, -0.2) is 12.0 Å². The molecule has 25 heavy (non-hydrogen) atoms. The summed E-state index contributed by atoms with van der Waals surface area (Å²) in [4.78, 5) is 12.4. The van der Waals surface area contributed by atoms with E-state index < -0.39 is 6.10 Å². The predicted molar refractivity (Wildman–Crippen MR) is 102 cm³/mol. The zero-order valence-electron chi connectivity index (χ0n) is 14.9. The van der Waals surface area contributed by atoms with Crippen LogP contribution in [0.5, 0.6) is 5.75 Å². The molecular formula is C22H23NO2. The first-order valence-corrected chi connectivity index (χ1v) is 8.53. The Labute approximate surface area is 148 Å². The van der Waals surface area contributed by atoms with Crippen LogP contribution < -0.4 is 10.1 Å². The summed E-state index contributed by atoms with van der Waals surface area (Å²) in [5.74, 6) is 0.640. The van der Waals surface area contributed by atoms with Gasteiger partial charge in [0.1, 0.15) is 5.75 Å². The quantitative estimate of drug-likeness (QED) is 0.744. The van der Waals surface area contributed by atoms with Crippen molar-refractivity contribution in [2.75, 3.05) is 0 Å². The minimum absolute atomic E-state index is 0.117. The van der Waals surface area contributed by atoms with Gasteiger partial charge in [-0.15, -0.1) is 0 Å². The van der Waals surface area contributed by atoms with E-state index in [0.717, 1.165) is 27.8 Å².